The molecule has 2 aromatic rings. The summed E-state index contributed by atoms with van der Waals surface area (Å²) in [5, 5.41) is 2.88. The SMILES string of the molecule is CC(C)NC(=O)C1(C)C=C(c2cccc(C(=O)N3CCC(Cc4ccccc4)CC3)c2)NO1. The molecule has 2 aromatic carbocycles. The normalized spacial score (nSPS) is 21.0. The summed E-state index contributed by atoms with van der Waals surface area (Å²) in [7, 11) is 0. The van der Waals surface area contributed by atoms with E-state index in [9.17, 15) is 9.59 Å². The van der Waals surface area contributed by atoms with Crippen LogP contribution in [0.2, 0.25) is 0 Å². The summed E-state index contributed by atoms with van der Waals surface area (Å²) in [5.41, 5.74) is 5.29. The van der Waals surface area contributed by atoms with E-state index in [1.165, 1.54) is 5.56 Å². The number of rotatable bonds is 6. The van der Waals surface area contributed by atoms with Gasteiger partial charge in [0.05, 0.1) is 5.70 Å². The van der Waals surface area contributed by atoms with Gasteiger partial charge in [0.1, 0.15) is 0 Å². The maximum atomic E-state index is 13.2. The predicted octanol–water partition coefficient (Wildman–Crippen LogP) is 3.94. The number of carbonyl (C=O) groups excluding carboxylic acids is 2. The van der Waals surface area contributed by atoms with E-state index in [1.807, 2.05) is 49.1 Å². The molecule has 1 atom stereocenters. The molecule has 2 N–H and O–H groups in total. The molecule has 2 aliphatic heterocycles. The molecule has 2 heterocycles. The van der Waals surface area contributed by atoms with E-state index in [2.05, 4.69) is 35.1 Å². The number of amides is 2. The molecule has 2 aliphatic rings. The fraction of sp³-hybridized carbons (Fsp3) is 0.407. The van der Waals surface area contributed by atoms with E-state index in [0.29, 0.717) is 17.2 Å². The van der Waals surface area contributed by atoms with Crippen LogP contribution in [-0.4, -0.2) is 41.4 Å². The summed E-state index contributed by atoms with van der Waals surface area (Å²) in [6.45, 7) is 7.09. The van der Waals surface area contributed by atoms with Gasteiger partial charge in [-0.3, -0.25) is 19.9 Å². The van der Waals surface area contributed by atoms with Crippen LogP contribution in [0.15, 0.2) is 60.7 Å². The van der Waals surface area contributed by atoms with E-state index in [-0.39, 0.29) is 17.9 Å². The monoisotopic (exact) mass is 447 g/mol. The first kappa shape index (κ1) is 23.1. The second kappa shape index (κ2) is 9.79. The number of carbonyl (C=O) groups is 2. The summed E-state index contributed by atoms with van der Waals surface area (Å²) in [5.74, 6) is 0.461. The molecule has 0 aromatic heterocycles. The fourth-order valence-corrected chi connectivity index (χ4v) is 4.44. The number of nitrogens with one attached hydrogen (secondary N) is 2. The zero-order valence-corrected chi connectivity index (χ0v) is 19.6. The van der Waals surface area contributed by atoms with Crippen LogP contribution >= 0.6 is 0 Å². The molecule has 4 rings (SSSR count). The topological polar surface area (TPSA) is 70.7 Å². The van der Waals surface area contributed by atoms with Crippen molar-refractivity contribution in [1.29, 1.82) is 0 Å². The summed E-state index contributed by atoms with van der Waals surface area (Å²) in [6.07, 6.45) is 4.87. The van der Waals surface area contributed by atoms with Crippen LogP contribution in [0.4, 0.5) is 0 Å². The molecular formula is C27H33N3O3. The number of likely N-dealkylation sites (tertiary alicyclic amines) is 1. The molecule has 0 saturated carbocycles. The molecule has 0 radical (unpaired) electrons. The first-order chi connectivity index (χ1) is 15.8. The molecule has 174 valence electrons. The molecular weight excluding hydrogens is 414 g/mol. The number of piperidine rings is 1. The summed E-state index contributed by atoms with van der Waals surface area (Å²) < 4.78 is 0. The van der Waals surface area contributed by atoms with Crippen molar-refractivity contribution in [2.75, 3.05) is 13.1 Å². The zero-order valence-electron chi connectivity index (χ0n) is 19.6. The van der Waals surface area contributed by atoms with Crippen molar-refractivity contribution < 1.29 is 14.4 Å². The Hall–Kier alpha value is -3.12. The lowest BCUT2D eigenvalue weighted by Gasteiger charge is -2.32. The Morgan fingerprint density at radius 3 is 2.55 bits per heavy atom. The van der Waals surface area contributed by atoms with E-state index in [0.717, 1.165) is 37.9 Å². The molecule has 2 amide bonds. The highest BCUT2D eigenvalue weighted by molar-refractivity contribution is 5.95. The molecule has 0 bridgehead atoms. The first-order valence-electron chi connectivity index (χ1n) is 11.8. The second-order valence-corrected chi connectivity index (χ2v) is 9.50. The van der Waals surface area contributed by atoms with Crippen LogP contribution in [0, 0.1) is 5.92 Å². The van der Waals surface area contributed by atoms with Gasteiger partial charge in [0.15, 0.2) is 5.60 Å². The van der Waals surface area contributed by atoms with Crippen molar-refractivity contribution in [3.63, 3.8) is 0 Å². The van der Waals surface area contributed by atoms with Gasteiger partial charge in [0.25, 0.3) is 11.8 Å². The highest BCUT2D eigenvalue weighted by atomic mass is 16.7. The fourth-order valence-electron chi connectivity index (χ4n) is 4.44. The lowest BCUT2D eigenvalue weighted by Crippen LogP contribution is -2.47. The maximum absolute atomic E-state index is 13.2. The minimum absolute atomic E-state index is 0.0214. The van der Waals surface area contributed by atoms with Crippen molar-refractivity contribution >= 4 is 17.5 Å². The third-order valence-corrected chi connectivity index (χ3v) is 6.35. The number of hydrogen-bond donors (Lipinski definition) is 2. The standard InChI is InChI=1S/C27H33N3O3/c1-19(2)28-26(32)27(3)18-24(29-33-27)22-10-7-11-23(17-22)25(31)30-14-12-21(13-15-30)16-20-8-5-4-6-9-20/h4-11,17-19,21,29H,12-16H2,1-3H3,(H,28,32). The molecule has 1 fully saturated rings. The number of benzene rings is 2. The zero-order chi connectivity index (χ0) is 23.4. The minimum atomic E-state index is -1.10. The van der Waals surface area contributed by atoms with Crippen LogP contribution in [-0.2, 0) is 16.1 Å². The second-order valence-electron chi connectivity index (χ2n) is 9.50. The Kier molecular flexibility index (Phi) is 6.84. The van der Waals surface area contributed by atoms with Crippen LogP contribution in [0.1, 0.15) is 55.1 Å². The molecule has 1 unspecified atom stereocenters. The third-order valence-electron chi connectivity index (χ3n) is 6.35. The van der Waals surface area contributed by atoms with Gasteiger partial charge in [-0.2, -0.15) is 0 Å². The number of hydroxylamine groups is 1. The van der Waals surface area contributed by atoms with Gasteiger partial charge in [-0.25, -0.2) is 0 Å². The van der Waals surface area contributed by atoms with Gasteiger partial charge >= 0.3 is 0 Å². The van der Waals surface area contributed by atoms with Crippen LogP contribution in [0.3, 0.4) is 0 Å². The molecule has 33 heavy (non-hydrogen) atoms. The Labute approximate surface area is 196 Å². The largest absolute Gasteiger partial charge is 0.351 e. The van der Waals surface area contributed by atoms with Crippen LogP contribution < -0.4 is 10.8 Å². The van der Waals surface area contributed by atoms with Gasteiger partial charge in [-0.15, -0.1) is 0 Å². The van der Waals surface area contributed by atoms with Crippen molar-refractivity contribution in [2.45, 2.75) is 51.7 Å². The average Bonchev–Trinajstić information content (AvgIpc) is 3.23. The summed E-state index contributed by atoms with van der Waals surface area (Å²) in [4.78, 5) is 33.2. The van der Waals surface area contributed by atoms with E-state index < -0.39 is 5.60 Å². The van der Waals surface area contributed by atoms with Crippen molar-refractivity contribution in [1.82, 2.24) is 15.7 Å². The van der Waals surface area contributed by atoms with Gasteiger partial charge in [-0.1, -0.05) is 42.5 Å². The first-order valence-corrected chi connectivity index (χ1v) is 11.8. The quantitative estimate of drug-likeness (QED) is 0.704. The van der Waals surface area contributed by atoms with E-state index >= 15 is 0 Å². The van der Waals surface area contributed by atoms with Gasteiger partial charge in [-0.05, 0) is 69.7 Å². The Morgan fingerprint density at radius 2 is 1.85 bits per heavy atom. The van der Waals surface area contributed by atoms with Gasteiger partial charge in [0.2, 0.25) is 0 Å². The highest BCUT2D eigenvalue weighted by Gasteiger charge is 2.38. The van der Waals surface area contributed by atoms with Gasteiger partial charge in [0, 0.05) is 30.3 Å². The average molecular weight is 448 g/mol. The van der Waals surface area contributed by atoms with Crippen molar-refractivity contribution in [3.05, 3.63) is 77.4 Å². The summed E-state index contributed by atoms with van der Waals surface area (Å²) >= 11 is 0. The Morgan fingerprint density at radius 1 is 1.12 bits per heavy atom. The summed E-state index contributed by atoms with van der Waals surface area (Å²) in [6, 6.07) is 18.1. The highest BCUT2D eigenvalue weighted by Crippen LogP contribution is 2.28. The lowest BCUT2D eigenvalue weighted by molar-refractivity contribution is -0.142. The number of nitrogens with zero attached hydrogens (tertiary/aromatic N) is 1. The smallest absolute Gasteiger partial charge is 0.259 e. The molecule has 6 heteroatoms. The number of hydrogen-bond acceptors (Lipinski definition) is 4. The van der Waals surface area contributed by atoms with Gasteiger partial charge < -0.3 is 10.2 Å². The predicted molar refractivity (Wildman–Crippen MR) is 129 cm³/mol. The molecule has 6 nitrogen and oxygen atoms in total. The maximum Gasteiger partial charge on any atom is 0.259 e. The lowest BCUT2D eigenvalue weighted by atomic mass is 9.90. The van der Waals surface area contributed by atoms with Crippen molar-refractivity contribution in [3.8, 4) is 0 Å². The van der Waals surface area contributed by atoms with Crippen LogP contribution in [0.25, 0.3) is 5.70 Å². The van der Waals surface area contributed by atoms with E-state index in [4.69, 9.17) is 4.84 Å². The Balaban J connectivity index is 1.39. The Bertz CT molecular complexity index is 1030. The van der Waals surface area contributed by atoms with E-state index in [1.54, 1.807) is 13.0 Å². The van der Waals surface area contributed by atoms with Crippen LogP contribution in [0.5, 0.6) is 0 Å². The van der Waals surface area contributed by atoms with Crippen molar-refractivity contribution in [2.24, 2.45) is 5.92 Å². The minimum Gasteiger partial charge on any atom is -0.351 e. The third kappa shape index (κ3) is 5.45. The molecule has 0 spiro atoms. The molecule has 0 aliphatic carbocycles. The molecule has 1 saturated heterocycles.